The topological polar surface area (TPSA) is 66.5 Å². The van der Waals surface area contributed by atoms with Gasteiger partial charge in [-0.25, -0.2) is 12.8 Å². The molecular weight excluding hydrogens is 327 g/mol. The summed E-state index contributed by atoms with van der Waals surface area (Å²) in [7, 11) is -1.21. The molecule has 0 fully saturated rings. The highest BCUT2D eigenvalue weighted by Gasteiger charge is 2.23. The lowest BCUT2D eigenvalue weighted by Crippen LogP contribution is -2.36. The summed E-state index contributed by atoms with van der Waals surface area (Å²) in [6, 6.07) is 3.47. The van der Waals surface area contributed by atoms with Crippen molar-refractivity contribution in [2.45, 2.75) is 4.90 Å². The molecule has 18 heavy (non-hydrogen) atoms. The Bertz CT molecular complexity index is 562. The highest BCUT2D eigenvalue weighted by Crippen LogP contribution is 2.21. The van der Waals surface area contributed by atoms with Gasteiger partial charge in [0.1, 0.15) is 5.82 Å². The van der Waals surface area contributed by atoms with Gasteiger partial charge in [0, 0.05) is 14.1 Å². The zero-order valence-corrected chi connectivity index (χ0v) is 12.2. The van der Waals surface area contributed by atoms with E-state index in [1.54, 1.807) is 0 Å². The lowest BCUT2D eigenvalue weighted by Gasteiger charge is -2.16. The van der Waals surface area contributed by atoms with Crippen LogP contribution in [0.3, 0.4) is 0 Å². The minimum Gasteiger partial charge on any atom is -0.358 e. The molecule has 0 unspecified atom stereocenters. The van der Waals surface area contributed by atoms with Crippen LogP contribution in [-0.4, -0.2) is 39.3 Å². The van der Waals surface area contributed by atoms with Gasteiger partial charge in [-0.3, -0.25) is 4.79 Å². The Morgan fingerprint density at radius 3 is 2.61 bits per heavy atom. The van der Waals surface area contributed by atoms with Gasteiger partial charge in [-0.1, -0.05) is 0 Å². The van der Waals surface area contributed by atoms with Gasteiger partial charge in [0.15, 0.2) is 0 Å². The van der Waals surface area contributed by atoms with Gasteiger partial charge in [-0.2, -0.15) is 4.31 Å². The monoisotopic (exact) mass is 338 g/mol. The molecule has 0 saturated carbocycles. The Morgan fingerprint density at radius 1 is 1.50 bits per heavy atom. The van der Waals surface area contributed by atoms with Crippen molar-refractivity contribution in [3.63, 3.8) is 0 Å². The lowest BCUT2D eigenvalue weighted by atomic mass is 10.3. The maximum atomic E-state index is 13.3. The number of hydrogen-bond acceptors (Lipinski definition) is 3. The van der Waals surface area contributed by atoms with E-state index < -0.39 is 21.7 Å². The van der Waals surface area contributed by atoms with Gasteiger partial charge >= 0.3 is 0 Å². The van der Waals surface area contributed by atoms with Gasteiger partial charge in [-0.05, 0) is 34.1 Å². The van der Waals surface area contributed by atoms with Crippen LogP contribution in [0.4, 0.5) is 4.39 Å². The van der Waals surface area contributed by atoms with E-state index in [0.717, 1.165) is 10.4 Å². The van der Waals surface area contributed by atoms with Crippen LogP contribution in [0.5, 0.6) is 0 Å². The number of carbonyl (C=O) groups is 1. The summed E-state index contributed by atoms with van der Waals surface area (Å²) in [5.74, 6) is -1.12. The van der Waals surface area contributed by atoms with Crippen molar-refractivity contribution in [2.24, 2.45) is 0 Å². The molecule has 1 amide bonds. The van der Waals surface area contributed by atoms with E-state index >= 15 is 0 Å². The molecular formula is C10H12BrFN2O3S. The van der Waals surface area contributed by atoms with Crippen molar-refractivity contribution in [2.75, 3.05) is 20.6 Å². The summed E-state index contributed by atoms with van der Waals surface area (Å²) in [6.07, 6.45) is 0. The Kier molecular flexibility index (Phi) is 4.83. The Morgan fingerprint density at radius 2 is 2.11 bits per heavy atom. The number of nitrogens with zero attached hydrogens (tertiary/aromatic N) is 1. The van der Waals surface area contributed by atoms with Gasteiger partial charge < -0.3 is 5.32 Å². The fourth-order valence-electron chi connectivity index (χ4n) is 1.18. The van der Waals surface area contributed by atoms with Crippen LogP contribution < -0.4 is 5.32 Å². The van der Waals surface area contributed by atoms with Crippen molar-refractivity contribution >= 4 is 31.9 Å². The first kappa shape index (κ1) is 15.1. The van der Waals surface area contributed by atoms with Crippen LogP contribution in [0.2, 0.25) is 0 Å². The molecule has 0 radical (unpaired) electrons. The molecule has 0 saturated heterocycles. The molecule has 100 valence electrons. The Labute approximate surface area is 113 Å². The van der Waals surface area contributed by atoms with Gasteiger partial charge in [-0.15, -0.1) is 0 Å². The Hall–Kier alpha value is -0.990. The van der Waals surface area contributed by atoms with E-state index in [9.17, 15) is 17.6 Å². The third-order valence-corrected chi connectivity index (χ3v) is 4.69. The molecule has 0 spiro atoms. The van der Waals surface area contributed by atoms with Crippen LogP contribution in [0.1, 0.15) is 0 Å². The van der Waals surface area contributed by atoms with Crippen molar-refractivity contribution in [3.8, 4) is 0 Å². The summed E-state index contributed by atoms with van der Waals surface area (Å²) >= 11 is 2.94. The third kappa shape index (κ3) is 3.27. The molecule has 1 aromatic rings. The number of benzene rings is 1. The smallest absolute Gasteiger partial charge is 0.243 e. The van der Waals surface area contributed by atoms with Gasteiger partial charge in [0.25, 0.3) is 0 Å². The molecule has 0 bridgehead atoms. The van der Waals surface area contributed by atoms with E-state index in [2.05, 4.69) is 21.2 Å². The van der Waals surface area contributed by atoms with Crippen molar-refractivity contribution in [1.29, 1.82) is 0 Å². The van der Waals surface area contributed by atoms with Crippen LogP contribution in [0.15, 0.2) is 27.6 Å². The summed E-state index contributed by atoms with van der Waals surface area (Å²) in [5.41, 5.74) is 0. The number of sulfonamides is 1. The van der Waals surface area contributed by atoms with Gasteiger partial charge in [0.2, 0.25) is 15.9 Å². The minimum absolute atomic E-state index is 0.176. The molecule has 1 N–H and O–H groups in total. The van der Waals surface area contributed by atoms with Crippen LogP contribution in [0.25, 0.3) is 0 Å². The molecule has 0 heterocycles. The van der Waals surface area contributed by atoms with E-state index in [-0.39, 0.29) is 15.9 Å². The van der Waals surface area contributed by atoms with Crippen LogP contribution >= 0.6 is 15.9 Å². The second-order valence-electron chi connectivity index (χ2n) is 3.51. The number of likely N-dealkylation sites (N-methyl/N-ethyl adjacent to an activating group) is 2. The molecule has 1 aromatic carbocycles. The SMILES string of the molecule is CNC(=O)CN(C)S(=O)(=O)c1ccc(Br)c(F)c1. The largest absolute Gasteiger partial charge is 0.358 e. The summed E-state index contributed by atoms with van der Waals surface area (Å²) < 4.78 is 38.3. The van der Waals surface area contributed by atoms with E-state index in [0.29, 0.717) is 0 Å². The van der Waals surface area contributed by atoms with Crippen molar-refractivity contribution < 1.29 is 17.6 Å². The van der Waals surface area contributed by atoms with Crippen LogP contribution in [-0.2, 0) is 14.8 Å². The molecule has 0 aromatic heterocycles. The molecule has 8 heteroatoms. The zero-order valence-electron chi connectivity index (χ0n) is 9.78. The van der Waals surface area contributed by atoms with Crippen LogP contribution in [0, 0.1) is 5.82 Å². The molecule has 0 aliphatic heterocycles. The number of carbonyl (C=O) groups excluding carboxylic acids is 1. The highest BCUT2D eigenvalue weighted by atomic mass is 79.9. The normalized spacial score (nSPS) is 11.6. The number of nitrogens with one attached hydrogen (secondary N) is 1. The van der Waals surface area contributed by atoms with E-state index in [1.165, 1.54) is 26.2 Å². The second kappa shape index (κ2) is 5.77. The predicted molar refractivity (Wildman–Crippen MR) is 68.0 cm³/mol. The maximum Gasteiger partial charge on any atom is 0.243 e. The fraction of sp³-hybridized carbons (Fsp3) is 0.300. The highest BCUT2D eigenvalue weighted by molar-refractivity contribution is 9.10. The molecule has 0 aliphatic rings. The zero-order chi connectivity index (χ0) is 13.9. The second-order valence-corrected chi connectivity index (χ2v) is 6.41. The average Bonchev–Trinajstić information content (AvgIpc) is 2.32. The minimum atomic E-state index is -3.87. The average molecular weight is 339 g/mol. The number of halogens is 2. The first-order valence-electron chi connectivity index (χ1n) is 4.91. The predicted octanol–water partition coefficient (Wildman–Crippen LogP) is 0.955. The first-order valence-corrected chi connectivity index (χ1v) is 7.14. The molecule has 5 nitrogen and oxygen atoms in total. The summed E-state index contributed by atoms with van der Waals surface area (Å²) in [4.78, 5) is 10.9. The number of hydrogen-bond donors (Lipinski definition) is 1. The van der Waals surface area contributed by atoms with E-state index in [4.69, 9.17) is 0 Å². The molecule has 0 aliphatic carbocycles. The van der Waals surface area contributed by atoms with Gasteiger partial charge in [0.05, 0.1) is 15.9 Å². The van der Waals surface area contributed by atoms with Crippen molar-refractivity contribution in [1.82, 2.24) is 9.62 Å². The fourth-order valence-corrected chi connectivity index (χ4v) is 2.57. The van der Waals surface area contributed by atoms with Crippen molar-refractivity contribution in [3.05, 3.63) is 28.5 Å². The summed E-state index contributed by atoms with van der Waals surface area (Å²) in [6.45, 7) is -0.323. The maximum absolute atomic E-state index is 13.3. The first-order chi connectivity index (χ1) is 8.28. The molecule has 0 atom stereocenters. The third-order valence-electron chi connectivity index (χ3n) is 2.24. The quantitative estimate of drug-likeness (QED) is 0.888. The number of amides is 1. The Balaban J connectivity index is 3.05. The number of rotatable bonds is 4. The van der Waals surface area contributed by atoms with E-state index in [1.807, 2.05) is 0 Å². The summed E-state index contributed by atoms with van der Waals surface area (Å²) in [5, 5.41) is 2.31. The lowest BCUT2D eigenvalue weighted by molar-refractivity contribution is -0.120. The molecule has 1 rings (SSSR count). The standard InChI is InChI=1S/C10H12BrFN2O3S/c1-13-10(15)6-14(2)18(16,17)7-3-4-8(11)9(12)5-7/h3-5H,6H2,1-2H3,(H,13,15).